The Hall–Kier alpha value is -1.74. The number of ether oxygens (including phenoxy) is 1. The molecule has 2 N–H and O–H groups in total. The minimum Gasteiger partial charge on any atom is -0.497 e. The fraction of sp³-hybridized carbons (Fsp3) is 0.500. The molecule has 0 bridgehead atoms. The highest BCUT2D eigenvalue weighted by Crippen LogP contribution is 2.28. The smallest absolute Gasteiger partial charge is 0.119 e. The van der Waals surface area contributed by atoms with E-state index in [-0.39, 0.29) is 5.41 Å². The van der Waals surface area contributed by atoms with E-state index < -0.39 is 0 Å². The molecule has 0 atom stereocenters. The normalized spacial score (nSPS) is 11.2. The molecule has 0 aliphatic carbocycles. The quantitative estimate of drug-likeness (QED) is 0.536. The fourth-order valence-corrected chi connectivity index (χ4v) is 2.37. The lowest BCUT2D eigenvalue weighted by Crippen LogP contribution is -2.24. The lowest BCUT2D eigenvalue weighted by molar-refractivity contribution is 0.370. The van der Waals surface area contributed by atoms with Crippen molar-refractivity contribution in [2.24, 2.45) is 0 Å². The Kier molecular flexibility index (Phi) is 7.37. The maximum Gasteiger partial charge on any atom is 0.119 e. The molecule has 0 unspecified atom stereocenters. The molecule has 3 heteroatoms. The van der Waals surface area contributed by atoms with Crippen molar-refractivity contribution < 1.29 is 4.74 Å². The zero-order valence-corrected chi connectivity index (χ0v) is 15.4. The van der Waals surface area contributed by atoms with E-state index in [4.69, 9.17) is 4.74 Å². The maximum atomic E-state index is 5.39. The summed E-state index contributed by atoms with van der Waals surface area (Å²) >= 11 is 0. The van der Waals surface area contributed by atoms with Crippen molar-refractivity contribution in [3.8, 4) is 0 Å². The first-order valence-corrected chi connectivity index (χ1v) is 8.22. The second-order valence-electron chi connectivity index (χ2n) is 6.88. The van der Waals surface area contributed by atoms with Crippen LogP contribution in [-0.2, 0) is 16.6 Å². The molecule has 1 rings (SSSR count). The van der Waals surface area contributed by atoms with E-state index in [2.05, 4.69) is 62.8 Å². The summed E-state index contributed by atoms with van der Waals surface area (Å²) < 4.78 is 5.39. The Morgan fingerprint density at radius 3 is 2.43 bits per heavy atom. The third-order valence-corrected chi connectivity index (χ3v) is 3.97. The Labute approximate surface area is 141 Å². The minimum absolute atomic E-state index is 0.111. The van der Waals surface area contributed by atoms with Crippen molar-refractivity contribution in [2.75, 3.05) is 27.2 Å². The van der Waals surface area contributed by atoms with Crippen molar-refractivity contribution in [3.05, 3.63) is 53.7 Å². The Balaban J connectivity index is 2.85. The van der Waals surface area contributed by atoms with E-state index in [1.807, 2.05) is 7.05 Å². The van der Waals surface area contributed by atoms with Crippen LogP contribution in [0.1, 0.15) is 43.9 Å². The molecule has 3 nitrogen and oxygen atoms in total. The number of nitrogens with one attached hydrogen (secondary N) is 2. The molecular formula is C20H32N2O. The molecule has 128 valence electrons. The molecule has 0 aliphatic heterocycles. The lowest BCUT2D eigenvalue weighted by atomic mass is 9.84. The van der Waals surface area contributed by atoms with Gasteiger partial charge >= 0.3 is 0 Å². The predicted octanol–water partition coefficient (Wildman–Crippen LogP) is 3.86. The molecular weight excluding hydrogens is 284 g/mol. The first-order chi connectivity index (χ1) is 10.8. The topological polar surface area (TPSA) is 33.3 Å². The zero-order valence-electron chi connectivity index (χ0n) is 15.4. The number of hydrogen-bond acceptors (Lipinski definition) is 3. The fourth-order valence-electron chi connectivity index (χ4n) is 2.37. The van der Waals surface area contributed by atoms with Crippen LogP contribution in [0.5, 0.6) is 0 Å². The summed E-state index contributed by atoms with van der Waals surface area (Å²) in [6.45, 7) is 16.6. The van der Waals surface area contributed by atoms with E-state index >= 15 is 0 Å². The van der Waals surface area contributed by atoms with Crippen molar-refractivity contribution in [1.29, 1.82) is 0 Å². The van der Waals surface area contributed by atoms with Gasteiger partial charge in [-0.05, 0) is 42.5 Å². The second-order valence-corrected chi connectivity index (χ2v) is 6.88. The van der Waals surface area contributed by atoms with E-state index in [0.717, 1.165) is 43.0 Å². The number of allylic oxidation sites excluding steroid dienone is 1. The number of likely N-dealkylation sites (N-methyl/N-ethyl adjacent to an activating group) is 1. The van der Waals surface area contributed by atoms with E-state index in [1.165, 1.54) is 11.1 Å². The van der Waals surface area contributed by atoms with Gasteiger partial charge in [-0.25, -0.2) is 0 Å². The molecule has 0 aromatic heterocycles. The van der Waals surface area contributed by atoms with Crippen molar-refractivity contribution in [2.45, 2.75) is 39.0 Å². The van der Waals surface area contributed by atoms with Crippen LogP contribution in [0.3, 0.4) is 0 Å². The van der Waals surface area contributed by atoms with E-state index in [9.17, 15) is 0 Å². The van der Waals surface area contributed by atoms with Crippen LogP contribution in [0.2, 0.25) is 0 Å². The van der Waals surface area contributed by atoms with Gasteiger partial charge in [-0.1, -0.05) is 46.1 Å². The Morgan fingerprint density at radius 2 is 1.87 bits per heavy atom. The summed E-state index contributed by atoms with van der Waals surface area (Å²) in [6.07, 6.45) is 1.83. The van der Waals surface area contributed by atoms with Crippen molar-refractivity contribution in [3.63, 3.8) is 0 Å². The third kappa shape index (κ3) is 6.11. The lowest BCUT2D eigenvalue weighted by Gasteiger charge is -2.22. The summed E-state index contributed by atoms with van der Waals surface area (Å²) in [7, 11) is 3.62. The van der Waals surface area contributed by atoms with E-state index in [1.54, 1.807) is 7.11 Å². The minimum atomic E-state index is 0.111. The van der Waals surface area contributed by atoms with Crippen LogP contribution in [0.25, 0.3) is 5.76 Å². The molecule has 0 radical (unpaired) electrons. The van der Waals surface area contributed by atoms with Gasteiger partial charge in [0, 0.05) is 24.4 Å². The highest BCUT2D eigenvalue weighted by Gasteiger charge is 2.17. The Bertz CT molecular complexity index is 541. The molecule has 0 spiro atoms. The average molecular weight is 316 g/mol. The van der Waals surface area contributed by atoms with Crippen molar-refractivity contribution >= 4 is 5.76 Å². The predicted molar refractivity (Wildman–Crippen MR) is 101 cm³/mol. The van der Waals surface area contributed by atoms with E-state index in [0.29, 0.717) is 0 Å². The number of methoxy groups -OCH3 is 1. The third-order valence-electron chi connectivity index (χ3n) is 3.97. The number of rotatable bonds is 9. The molecule has 0 fully saturated rings. The van der Waals surface area contributed by atoms with Gasteiger partial charge < -0.3 is 15.4 Å². The molecule has 0 aliphatic rings. The molecule has 1 aromatic rings. The summed E-state index contributed by atoms with van der Waals surface area (Å²) in [5, 5.41) is 6.46. The van der Waals surface area contributed by atoms with Gasteiger partial charge in [0.15, 0.2) is 0 Å². The van der Waals surface area contributed by atoms with Crippen LogP contribution in [0, 0.1) is 0 Å². The van der Waals surface area contributed by atoms with Gasteiger partial charge in [0.2, 0.25) is 0 Å². The summed E-state index contributed by atoms with van der Waals surface area (Å²) in [5.41, 5.74) is 4.82. The van der Waals surface area contributed by atoms with Gasteiger partial charge in [0.05, 0.1) is 7.11 Å². The number of hydrogen-bond donors (Lipinski definition) is 2. The zero-order chi connectivity index (χ0) is 17.5. The second kappa shape index (κ2) is 8.78. The summed E-state index contributed by atoms with van der Waals surface area (Å²) in [6, 6.07) is 6.61. The number of aryl methyl sites for hydroxylation is 1. The molecule has 0 saturated carbocycles. The van der Waals surface area contributed by atoms with Crippen LogP contribution in [-0.4, -0.2) is 27.2 Å². The maximum absolute atomic E-state index is 5.39. The molecule has 23 heavy (non-hydrogen) atoms. The highest BCUT2D eigenvalue weighted by atomic mass is 16.5. The first-order valence-electron chi connectivity index (χ1n) is 8.22. The van der Waals surface area contributed by atoms with Crippen molar-refractivity contribution in [1.82, 2.24) is 10.6 Å². The Morgan fingerprint density at radius 1 is 1.17 bits per heavy atom. The largest absolute Gasteiger partial charge is 0.497 e. The van der Waals surface area contributed by atoms with Gasteiger partial charge in [0.1, 0.15) is 5.76 Å². The SMILES string of the molecule is C=C(CCc1ccc(C(C)(C)C)cc1C(=C)OC)NCCNC. The van der Waals surface area contributed by atoms with Crippen LogP contribution >= 0.6 is 0 Å². The van der Waals surface area contributed by atoms with Gasteiger partial charge in [-0.2, -0.15) is 0 Å². The van der Waals surface area contributed by atoms with Crippen LogP contribution in [0.15, 0.2) is 37.1 Å². The van der Waals surface area contributed by atoms with Gasteiger partial charge in [-0.15, -0.1) is 0 Å². The van der Waals surface area contributed by atoms with Gasteiger partial charge in [-0.3, -0.25) is 0 Å². The molecule has 0 saturated heterocycles. The molecule has 0 amide bonds. The standard InChI is InChI=1S/C20H32N2O/c1-15(22-13-12-21-6)8-9-17-10-11-18(20(3,4)5)14-19(17)16(2)23-7/h10-11,14,21-22H,1-2,8-9,12-13H2,3-7H3. The monoisotopic (exact) mass is 316 g/mol. The van der Waals surface area contributed by atoms with Crippen LogP contribution in [0.4, 0.5) is 0 Å². The van der Waals surface area contributed by atoms with Crippen LogP contribution < -0.4 is 10.6 Å². The van der Waals surface area contributed by atoms with Gasteiger partial charge in [0.25, 0.3) is 0 Å². The summed E-state index contributed by atoms with van der Waals surface area (Å²) in [4.78, 5) is 0. The number of benzene rings is 1. The molecule has 1 aromatic carbocycles. The highest BCUT2D eigenvalue weighted by molar-refractivity contribution is 5.62. The first kappa shape index (κ1) is 19.3. The molecule has 0 heterocycles. The average Bonchev–Trinajstić information content (AvgIpc) is 2.51. The summed E-state index contributed by atoms with van der Waals surface area (Å²) in [5.74, 6) is 0.722.